The predicted octanol–water partition coefficient (Wildman–Crippen LogP) is 0.738. The molecule has 0 spiro atoms. The minimum absolute atomic E-state index is 0.111. The van der Waals surface area contributed by atoms with Crippen molar-refractivity contribution in [3.63, 3.8) is 0 Å². The Labute approximate surface area is 99.3 Å². The molecule has 1 atom stereocenters. The fraction of sp³-hybridized carbons (Fsp3) is 0.545. The van der Waals surface area contributed by atoms with Gasteiger partial charge in [-0.05, 0) is 26.2 Å². The number of hydrogen-bond donors (Lipinski definition) is 2. The maximum absolute atomic E-state index is 11.7. The standard InChI is InChI=1S/C11H16N2O4/c1-8-4-2-3-7-13(8)11(17)12-9(14)5-6-10(15)16/h5-6,8H,2-4,7H2,1H3,(H,15,16)(H,12,14,17)/b6-5+. The Balaban J connectivity index is 2.48. The molecule has 1 fully saturated rings. The summed E-state index contributed by atoms with van der Waals surface area (Å²) in [6.45, 7) is 2.55. The van der Waals surface area contributed by atoms with Crippen LogP contribution in [0, 0.1) is 0 Å². The molecule has 1 saturated heterocycles. The zero-order valence-corrected chi connectivity index (χ0v) is 9.68. The molecule has 0 radical (unpaired) electrons. The van der Waals surface area contributed by atoms with Crippen LogP contribution in [0.25, 0.3) is 0 Å². The lowest BCUT2D eigenvalue weighted by molar-refractivity contribution is -0.131. The van der Waals surface area contributed by atoms with Gasteiger partial charge in [-0.3, -0.25) is 10.1 Å². The van der Waals surface area contributed by atoms with Gasteiger partial charge in [0.25, 0.3) is 5.91 Å². The normalized spacial score (nSPS) is 20.3. The minimum Gasteiger partial charge on any atom is -0.478 e. The van der Waals surface area contributed by atoms with Crippen molar-refractivity contribution in [3.05, 3.63) is 12.2 Å². The average Bonchev–Trinajstić information content (AvgIpc) is 2.26. The van der Waals surface area contributed by atoms with Crippen molar-refractivity contribution >= 4 is 17.9 Å². The van der Waals surface area contributed by atoms with E-state index in [1.165, 1.54) is 0 Å². The van der Waals surface area contributed by atoms with Crippen molar-refractivity contribution in [2.24, 2.45) is 0 Å². The number of imide groups is 1. The van der Waals surface area contributed by atoms with Gasteiger partial charge in [0.15, 0.2) is 0 Å². The molecule has 94 valence electrons. The molecule has 0 aromatic carbocycles. The summed E-state index contributed by atoms with van der Waals surface area (Å²) in [5.74, 6) is -1.94. The summed E-state index contributed by atoms with van der Waals surface area (Å²) in [4.78, 5) is 34.6. The molecule has 1 aliphatic heterocycles. The molecule has 6 heteroatoms. The van der Waals surface area contributed by atoms with Gasteiger partial charge < -0.3 is 10.0 Å². The number of piperidine rings is 1. The second-order valence-electron chi connectivity index (χ2n) is 4.00. The van der Waals surface area contributed by atoms with Gasteiger partial charge in [0, 0.05) is 24.7 Å². The minimum atomic E-state index is -1.22. The number of nitrogens with zero attached hydrogens (tertiary/aromatic N) is 1. The number of nitrogens with one attached hydrogen (secondary N) is 1. The first-order valence-electron chi connectivity index (χ1n) is 5.53. The van der Waals surface area contributed by atoms with Crippen LogP contribution >= 0.6 is 0 Å². The van der Waals surface area contributed by atoms with Crippen LogP contribution in [0.1, 0.15) is 26.2 Å². The quantitative estimate of drug-likeness (QED) is 0.697. The fourth-order valence-corrected chi connectivity index (χ4v) is 1.77. The number of carbonyl (C=O) groups excluding carboxylic acids is 2. The van der Waals surface area contributed by atoms with E-state index in [1.54, 1.807) is 4.90 Å². The van der Waals surface area contributed by atoms with Gasteiger partial charge in [-0.2, -0.15) is 0 Å². The van der Waals surface area contributed by atoms with Crippen molar-refractivity contribution in [3.8, 4) is 0 Å². The molecule has 1 heterocycles. The van der Waals surface area contributed by atoms with Gasteiger partial charge in [-0.1, -0.05) is 0 Å². The maximum Gasteiger partial charge on any atom is 0.328 e. The third-order valence-electron chi connectivity index (χ3n) is 2.67. The SMILES string of the molecule is CC1CCCCN1C(=O)NC(=O)/C=C/C(=O)O. The summed E-state index contributed by atoms with van der Waals surface area (Å²) in [5, 5.41) is 10.5. The highest BCUT2D eigenvalue weighted by molar-refractivity contribution is 6.02. The first-order chi connectivity index (χ1) is 8.00. The molecular formula is C11H16N2O4. The summed E-state index contributed by atoms with van der Waals surface area (Å²) in [7, 11) is 0. The predicted molar refractivity (Wildman–Crippen MR) is 60.3 cm³/mol. The fourth-order valence-electron chi connectivity index (χ4n) is 1.77. The first kappa shape index (κ1) is 13.2. The Morgan fingerprint density at radius 1 is 1.29 bits per heavy atom. The molecule has 0 aliphatic carbocycles. The number of urea groups is 1. The lowest BCUT2D eigenvalue weighted by Gasteiger charge is -2.32. The summed E-state index contributed by atoms with van der Waals surface area (Å²) in [5.41, 5.74) is 0. The second-order valence-corrected chi connectivity index (χ2v) is 4.00. The van der Waals surface area contributed by atoms with E-state index in [0.717, 1.165) is 25.3 Å². The molecule has 1 aliphatic rings. The number of rotatable bonds is 2. The van der Waals surface area contributed by atoms with Crippen molar-refractivity contribution in [1.82, 2.24) is 10.2 Å². The number of carboxylic acid groups (broad SMARTS) is 1. The van der Waals surface area contributed by atoms with Crippen LogP contribution in [0.15, 0.2) is 12.2 Å². The highest BCUT2D eigenvalue weighted by atomic mass is 16.4. The van der Waals surface area contributed by atoms with E-state index in [0.29, 0.717) is 12.6 Å². The van der Waals surface area contributed by atoms with Crippen molar-refractivity contribution < 1.29 is 19.5 Å². The highest BCUT2D eigenvalue weighted by Crippen LogP contribution is 2.15. The smallest absolute Gasteiger partial charge is 0.328 e. The zero-order chi connectivity index (χ0) is 12.8. The van der Waals surface area contributed by atoms with E-state index < -0.39 is 17.9 Å². The highest BCUT2D eigenvalue weighted by Gasteiger charge is 2.23. The monoisotopic (exact) mass is 240 g/mol. The number of likely N-dealkylation sites (tertiary alicyclic amines) is 1. The topological polar surface area (TPSA) is 86.7 Å². The molecular weight excluding hydrogens is 224 g/mol. The van der Waals surface area contributed by atoms with Crippen LogP contribution in [0.3, 0.4) is 0 Å². The lowest BCUT2D eigenvalue weighted by atomic mass is 10.0. The molecule has 0 bridgehead atoms. The summed E-state index contributed by atoms with van der Waals surface area (Å²) in [6, 6.07) is -0.350. The molecule has 6 nitrogen and oxygen atoms in total. The molecule has 1 rings (SSSR count). The third-order valence-corrected chi connectivity index (χ3v) is 2.67. The van der Waals surface area contributed by atoms with E-state index in [-0.39, 0.29) is 6.04 Å². The van der Waals surface area contributed by atoms with Gasteiger partial charge >= 0.3 is 12.0 Å². The van der Waals surface area contributed by atoms with E-state index in [2.05, 4.69) is 5.32 Å². The summed E-state index contributed by atoms with van der Waals surface area (Å²) in [6.07, 6.45) is 4.46. The number of amides is 3. The molecule has 0 saturated carbocycles. The van der Waals surface area contributed by atoms with Gasteiger partial charge in [0.1, 0.15) is 0 Å². The van der Waals surface area contributed by atoms with Crippen LogP contribution in [-0.4, -0.2) is 40.5 Å². The Hall–Kier alpha value is -1.85. The van der Waals surface area contributed by atoms with E-state index in [4.69, 9.17) is 5.11 Å². The number of aliphatic carboxylic acids is 1. The maximum atomic E-state index is 11.7. The van der Waals surface area contributed by atoms with Crippen molar-refractivity contribution in [2.45, 2.75) is 32.2 Å². The van der Waals surface area contributed by atoms with Gasteiger partial charge in [-0.15, -0.1) is 0 Å². The van der Waals surface area contributed by atoms with Gasteiger partial charge in [0.2, 0.25) is 0 Å². The van der Waals surface area contributed by atoms with Crippen LogP contribution in [0.5, 0.6) is 0 Å². The second kappa shape index (κ2) is 6.03. The van der Waals surface area contributed by atoms with Crippen LogP contribution in [0.2, 0.25) is 0 Å². The Morgan fingerprint density at radius 2 is 2.00 bits per heavy atom. The molecule has 17 heavy (non-hydrogen) atoms. The zero-order valence-electron chi connectivity index (χ0n) is 9.68. The summed E-state index contributed by atoms with van der Waals surface area (Å²) < 4.78 is 0. The molecule has 0 aromatic heterocycles. The van der Waals surface area contributed by atoms with Crippen molar-refractivity contribution in [2.75, 3.05) is 6.54 Å². The number of carbonyl (C=O) groups is 3. The van der Waals surface area contributed by atoms with E-state index in [1.807, 2.05) is 6.92 Å². The van der Waals surface area contributed by atoms with E-state index >= 15 is 0 Å². The average molecular weight is 240 g/mol. The van der Waals surface area contributed by atoms with Crippen LogP contribution in [0.4, 0.5) is 4.79 Å². The molecule has 2 N–H and O–H groups in total. The lowest BCUT2D eigenvalue weighted by Crippen LogP contribution is -2.48. The third kappa shape index (κ3) is 4.26. The molecule has 1 unspecified atom stereocenters. The number of carboxylic acids is 1. The molecule has 3 amide bonds. The number of hydrogen-bond acceptors (Lipinski definition) is 3. The Bertz CT molecular complexity index is 351. The van der Waals surface area contributed by atoms with Gasteiger partial charge in [-0.25, -0.2) is 9.59 Å². The Morgan fingerprint density at radius 3 is 2.59 bits per heavy atom. The largest absolute Gasteiger partial charge is 0.478 e. The van der Waals surface area contributed by atoms with Crippen LogP contribution in [-0.2, 0) is 9.59 Å². The van der Waals surface area contributed by atoms with E-state index in [9.17, 15) is 14.4 Å². The van der Waals surface area contributed by atoms with Crippen LogP contribution < -0.4 is 5.32 Å². The summed E-state index contributed by atoms with van der Waals surface area (Å²) >= 11 is 0. The molecule has 0 aromatic rings. The Kier molecular flexibility index (Phi) is 4.68. The van der Waals surface area contributed by atoms with Gasteiger partial charge in [0.05, 0.1) is 0 Å². The van der Waals surface area contributed by atoms with Crippen molar-refractivity contribution in [1.29, 1.82) is 0 Å². The first-order valence-corrected chi connectivity index (χ1v) is 5.53.